The van der Waals surface area contributed by atoms with Crippen molar-refractivity contribution in [3.05, 3.63) is 0 Å². The molecule has 1 aliphatic rings. The van der Waals surface area contributed by atoms with Crippen molar-refractivity contribution in [1.29, 1.82) is 0 Å². The molecule has 2 rings (SSSR count). The lowest BCUT2D eigenvalue weighted by Crippen LogP contribution is -2.24. The lowest BCUT2D eigenvalue weighted by molar-refractivity contribution is -0.119. The molecule has 0 spiro atoms. The standard InChI is InChI=1S/C11H18N6O2/c1-3-12-9-15-10(17-11(16-9)19-4-2)14-7-5-8(18)13-6-7/h7H,3-6H2,1-2H3,(H,13,18)(H2,12,14,15,16,17). The molecular weight excluding hydrogens is 248 g/mol. The molecule has 104 valence electrons. The Morgan fingerprint density at radius 1 is 1.32 bits per heavy atom. The Kier molecular flexibility index (Phi) is 4.32. The smallest absolute Gasteiger partial charge is 0.323 e. The fourth-order valence-corrected chi connectivity index (χ4v) is 1.74. The molecule has 0 bridgehead atoms. The molecule has 2 heterocycles. The van der Waals surface area contributed by atoms with Gasteiger partial charge in [0.1, 0.15) is 0 Å². The van der Waals surface area contributed by atoms with Gasteiger partial charge in [-0.1, -0.05) is 0 Å². The highest BCUT2D eigenvalue weighted by Crippen LogP contribution is 2.13. The second-order valence-electron chi connectivity index (χ2n) is 4.08. The molecule has 1 atom stereocenters. The first kappa shape index (κ1) is 13.3. The minimum absolute atomic E-state index is 0.00106. The third kappa shape index (κ3) is 3.67. The van der Waals surface area contributed by atoms with E-state index in [0.29, 0.717) is 38.0 Å². The summed E-state index contributed by atoms with van der Waals surface area (Å²) in [5.41, 5.74) is 0. The maximum absolute atomic E-state index is 11.1. The van der Waals surface area contributed by atoms with E-state index in [-0.39, 0.29) is 18.0 Å². The number of carbonyl (C=O) groups excluding carboxylic acids is 1. The number of rotatable bonds is 6. The van der Waals surface area contributed by atoms with Gasteiger partial charge < -0.3 is 20.7 Å². The topological polar surface area (TPSA) is 101 Å². The van der Waals surface area contributed by atoms with E-state index < -0.39 is 0 Å². The SMILES string of the molecule is CCNc1nc(NC2CNC(=O)C2)nc(OCC)n1. The average molecular weight is 266 g/mol. The number of anilines is 2. The van der Waals surface area contributed by atoms with Gasteiger partial charge in [0.15, 0.2) is 0 Å². The van der Waals surface area contributed by atoms with Crippen molar-refractivity contribution < 1.29 is 9.53 Å². The third-order valence-corrected chi connectivity index (χ3v) is 2.53. The molecule has 8 nitrogen and oxygen atoms in total. The first-order valence-corrected chi connectivity index (χ1v) is 6.37. The number of aromatic nitrogens is 3. The van der Waals surface area contributed by atoms with Gasteiger partial charge in [-0.15, -0.1) is 0 Å². The number of nitrogens with one attached hydrogen (secondary N) is 3. The van der Waals surface area contributed by atoms with Gasteiger partial charge in [0.25, 0.3) is 0 Å². The van der Waals surface area contributed by atoms with Gasteiger partial charge >= 0.3 is 6.01 Å². The Labute approximate surface area is 111 Å². The van der Waals surface area contributed by atoms with Crippen LogP contribution in [0.1, 0.15) is 20.3 Å². The van der Waals surface area contributed by atoms with E-state index in [1.807, 2.05) is 13.8 Å². The van der Waals surface area contributed by atoms with Gasteiger partial charge in [-0.2, -0.15) is 15.0 Å². The second-order valence-corrected chi connectivity index (χ2v) is 4.08. The average Bonchev–Trinajstić information content (AvgIpc) is 2.75. The highest BCUT2D eigenvalue weighted by molar-refractivity contribution is 5.79. The molecule has 1 fully saturated rings. The molecule has 1 amide bonds. The molecule has 3 N–H and O–H groups in total. The molecule has 1 aliphatic heterocycles. The first-order chi connectivity index (χ1) is 9.21. The van der Waals surface area contributed by atoms with Gasteiger partial charge in [-0.3, -0.25) is 4.79 Å². The Morgan fingerprint density at radius 2 is 2.11 bits per heavy atom. The van der Waals surface area contributed by atoms with Gasteiger partial charge in [0, 0.05) is 19.5 Å². The van der Waals surface area contributed by atoms with Gasteiger partial charge in [0.2, 0.25) is 17.8 Å². The molecule has 0 aromatic carbocycles. The molecule has 0 saturated carbocycles. The molecule has 1 unspecified atom stereocenters. The quantitative estimate of drug-likeness (QED) is 0.666. The fourth-order valence-electron chi connectivity index (χ4n) is 1.74. The summed E-state index contributed by atoms with van der Waals surface area (Å²) in [4.78, 5) is 23.7. The molecule has 0 aliphatic carbocycles. The van der Waals surface area contributed by atoms with Crippen LogP contribution in [0.3, 0.4) is 0 Å². The summed E-state index contributed by atoms with van der Waals surface area (Å²) in [6.07, 6.45) is 0.423. The lowest BCUT2D eigenvalue weighted by atomic mass is 10.3. The fraction of sp³-hybridized carbons (Fsp3) is 0.636. The van der Waals surface area contributed by atoms with E-state index in [0.717, 1.165) is 0 Å². The molecule has 8 heteroatoms. The maximum Gasteiger partial charge on any atom is 0.323 e. The van der Waals surface area contributed by atoms with E-state index >= 15 is 0 Å². The number of ether oxygens (including phenoxy) is 1. The summed E-state index contributed by atoms with van der Waals surface area (Å²) in [7, 11) is 0. The van der Waals surface area contributed by atoms with Gasteiger partial charge in [-0.25, -0.2) is 0 Å². The summed E-state index contributed by atoms with van der Waals surface area (Å²) in [5, 5.41) is 8.87. The predicted molar refractivity (Wildman–Crippen MR) is 70.2 cm³/mol. The van der Waals surface area contributed by atoms with Crippen LogP contribution in [-0.2, 0) is 4.79 Å². The zero-order valence-electron chi connectivity index (χ0n) is 11.1. The Balaban J connectivity index is 2.11. The van der Waals surface area contributed by atoms with Crippen molar-refractivity contribution in [2.45, 2.75) is 26.3 Å². The zero-order chi connectivity index (χ0) is 13.7. The molecule has 1 aromatic heterocycles. The van der Waals surface area contributed by atoms with Gasteiger partial charge in [-0.05, 0) is 13.8 Å². The highest BCUT2D eigenvalue weighted by Gasteiger charge is 2.22. The normalized spacial score (nSPS) is 18.0. The Morgan fingerprint density at radius 3 is 2.74 bits per heavy atom. The zero-order valence-corrected chi connectivity index (χ0v) is 11.1. The van der Waals surface area contributed by atoms with Crippen molar-refractivity contribution in [1.82, 2.24) is 20.3 Å². The summed E-state index contributed by atoms with van der Waals surface area (Å²) >= 11 is 0. The minimum Gasteiger partial charge on any atom is -0.464 e. The number of carbonyl (C=O) groups is 1. The van der Waals surface area contributed by atoms with Crippen molar-refractivity contribution in [2.24, 2.45) is 0 Å². The molecule has 0 radical (unpaired) electrons. The van der Waals surface area contributed by atoms with Crippen molar-refractivity contribution in [2.75, 3.05) is 30.3 Å². The van der Waals surface area contributed by atoms with Gasteiger partial charge in [0.05, 0.1) is 12.6 Å². The number of amides is 1. The van der Waals surface area contributed by atoms with Crippen LogP contribution in [0, 0.1) is 0 Å². The van der Waals surface area contributed by atoms with Crippen molar-refractivity contribution in [3.63, 3.8) is 0 Å². The monoisotopic (exact) mass is 266 g/mol. The van der Waals surface area contributed by atoms with E-state index in [1.54, 1.807) is 0 Å². The Hall–Kier alpha value is -2.12. The molecular formula is C11H18N6O2. The number of hydrogen-bond donors (Lipinski definition) is 3. The van der Waals surface area contributed by atoms with Crippen LogP contribution in [0.2, 0.25) is 0 Å². The number of nitrogens with zero attached hydrogens (tertiary/aromatic N) is 3. The van der Waals surface area contributed by atoms with Crippen molar-refractivity contribution >= 4 is 17.8 Å². The maximum atomic E-state index is 11.1. The Bertz CT molecular complexity index is 429. The predicted octanol–water partition coefficient (Wildman–Crippen LogP) is 0.00250. The highest BCUT2D eigenvalue weighted by atomic mass is 16.5. The van der Waals surface area contributed by atoms with E-state index in [9.17, 15) is 4.79 Å². The van der Waals surface area contributed by atoms with Crippen LogP contribution < -0.4 is 20.7 Å². The lowest BCUT2D eigenvalue weighted by Gasteiger charge is -2.12. The summed E-state index contributed by atoms with van der Waals surface area (Å²) in [5.74, 6) is 0.903. The summed E-state index contributed by atoms with van der Waals surface area (Å²) < 4.78 is 5.29. The summed E-state index contributed by atoms with van der Waals surface area (Å²) in [6.45, 7) is 5.59. The van der Waals surface area contributed by atoms with E-state index in [1.165, 1.54) is 0 Å². The number of hydrogen-bond acceptors (Lipinski definition) is 7. The molecule has 19 heavy (non-hydrogen) atoms. The first-order valence-electron chi connectivity index (χ1n) is 6.37. The van der Waals surface area contributed by atoms with Crippen LogP contribution in [0.15, 0.2) is 0 Å². The van der Waals surface area contributed by atoms with Crippen LogP contribution in [-0.4, -0.2) is 46.6 Å². The van der Waals surface area contributed by atoms with Crippen LogP contribution in [0.4, 0.5) is 11.9 Å². The van der Waals surface area contributed by atoms with Crippen LogP contribution in [0.25, 0.3) is 0 Å². The molecule has 1 aromatic rings. The van der Waals surface area contributed by atoms with Crippen LogP contribution >= 0.6 is 0 Å². The van der Waals surface area contributed by atoms with Crippen molar-refractivity contribution in [3.8, 4) is 6.01 Å². The van der Waals surface area contributed by atoms with E-state index in [4.69, 9.17) is 4.74 Å². The summed E-state index contributed by atoms with van der Waals surface area (Å²) in [6, 6.07) is 0.270. The minimum atomic E-state index is -0.00106. The largest absolute Gasteiger partial charge is 0.464 e. The van der Waals surface area contributed by atoms with Crippen LogP contribution in [0.5, 0.6) is 6.01 Å². The van der Waals surface area contributed by atoms with E-state index in [2.05, 4.69) is 30.9 Å². The second kappa shape index (κ2) is 6.17. The third-order valence-electron chi connectivity index (χ3n) is 2.53. The molecule has 1 saturated heterocycles.